The fourth-order valence-electron chi connectivity index (χ4n) is 1.92. The van der Waals surface area contributed by atoms with Gasteiger partial charge in [-0.15, -0.1) is 0 Å². The number of nitrogens with one attached hydrogen (secondary N) is 1. The average molecular weight is 279 g/mol. The monoisotopic (exact) mass is 278 g/mol. The van der Waals surface area contributed by atoms with Gasteiger partial charge in [-0.2, -0.15) is 0 Å². The molecule has 0 bridgehead atoms. The molecule has 100 valence electrons. The van der Waals surface area contributed by atoms with Gasteiger partial charge in [-0.05, 0) is 19.9 Å². The van der Waals surface area contributed by atoms with Crippen LogP contribution >= 0.6 is 11.6 Å². The Morgan fingerprint density at radius 3 is 2.89 bits per heavy atom. The van der Waals surface area contributed by atoms with Crippen molar-refractivity contribution in [2.45, 2.75) is 13.8 Å². The van der Waals surface area contributed by atoms with Crippen LogP contribution in [0.3, 0.4) is 0 Å². The van der Waals surface area contributed by atoms with E-state index >= 15 is 0 Å². The molecule has 1 heterocycles. The van der Waals surface area contributed by atoms with Gasteiger partial charge < -0.3 is 10.1 Å². The minimum Gasteiger partial charge on any atom is -0.462 e. The molecule has 0 aliphatic rings. The zero-order valence-corrected chi connectivity index (χ0v) is 11.6. The molecule has 4 nitrogen and oxygen atoms in total. The van der Waals surface area contributed by atoms with Crippen molar-refractivity contribution >= 4 is 34.2 Å². The number of halogens is 1. The number of benzene rings is 1. The smallest absolute Gasteiger partial charge is 0.341 e. The van der Waals surface area contributed by atoms with Crippen molar-refractivity contribution in [2.24, 2.45) is 0 Å². The van der Waals surface area contributed by atoms with Crippen molar-refractivity contribution in [3.05, 3.63) is 35.0 Å². The van der Waals surface area contributed by atoms with Gasteiger partial charge in [0.05, 0.1) is 22.8 Å². The van der Waals surface area contributed by atoms with E-state index < -0.39 is 0 Å². The zero-order chi connectivity index (χ0) is 13.8. The van der Waals surface area contributed by atoms with E-state index in [-0.39, 0.29) is 5.97 Å². The number of pyridine rings is 1. The highest BCUT2D eigenvalue weighted by atomic mass is 35.5. The minimum atomic E-state index is -0.382. The van der Waals surface area contributed by atoms with Gasteiger partial charge in [0.1, 0.15) is 5.56 Å². The third-order valence-electron chi connectivity index (χ3n) is 2.70. The van der Waals surface area contributed by atoms with Gasteiger partial charge in [-0.25, -0.2) is 4.79 Å². The molecule has 0 fully saturated rings. The van der Waals surface area contributed by atoms with Crippen molar-refractivity contribution in [3.63, 3.8) is 0 Å². The highest BCUT2D eigenvalue weighted by molar-refractivity contribution is 6.35. The maximum absolute atomic E-state index is 11.9. The van der Waals surface area contributed by atoms with Gasteiger partial charge in [0.15, 0.2) is 0 Å². The summed E-state index contributed by atoms with van der Waals surface area (Å²) in [5.41, 5.74) is 1.82. The number of rotatable bonds is 4. The Bertz CT molecular complexity index is 614. The van der Waals surface area contributed by atoms with Crippen LogP contribution in [-0.4, -0.2) is 24.1 Å². The van der Waals surface area contributed by atoms with Crippen LogP contribution in [0.1, 0.15) is 24.2 Å². The van der Waals surface area contributed by atoms with Crippen molar-refractivity contribution in [1.82, 2.24) is 4.98 Å². The molecule has 2 rings (SSSR count). The van der Waals surface area contributed by atoms with Crippen molar-refractivity contribution in [2.75, 3.05) is 18.5 Å². The van der Waals surface area contributed by atoms with Gasteiger partial charge >= 0.3 is 5.97 Å². The summed E-state index contributed by atoms with van der Waals surface area (Å²) >= 11 is 6.12. The molecule has 0 amide bonds. The molecule has 1 N–H and O–H groups in total. The lowest BCUT2D eigenvalue weighted by molar-refractivity contribution is 0.0527. The van der Waals surface area contributed by atoms with E-state index in [1.165, 1.54) is 6.20 Å². The predicted molar refractivity (Wildman–Crippen MR) is 76.9 cm³/mol. The summed E-state index contributed by atoms with van der Waals surface area (Å²) in [5, 5.41) is 4.57. The fourth-order valence-corrected chi connectivity index (χ4v) is 2.14. The third-order valence-corrected chi connectivity index (χ3v) is 3.00. The summed E-state index contributed by atoms with van der Waals surface area (Å²) in [4.78, 5) is 16.2. The van der Waals surface area contributed by atoms with Crippen LogP contribution < -0.4 is 5.32 Å². The van der Waals surface area contributed by atoms with Crippen molar-refractivity contribution in [1.29, 1.82) is 0 Å². The normalized spacial score (nSPS) is 10.5. The first-order valence-corrected chi connectivity index (χ1v) is 6.55. The lowest BCUT2D eigenvalue weighted by Crippen LogP contribution is -2.11. The molecule has 19 heavy (non-hydrogen) atoms. The highest BCUT2D eigenvalue weighted by Gasteiger charge is 2.16. The Kier molecular flexibility index (Phi) is 4.22. The summed E-state index contributed by atoms with van der Waals surface area (Å²) < 4.78 is 5.04. The number of ether oxygens (including phenoxy) is 1. The van der Waals surface area contributed by atoms with Crippen LogP contribution in [-0.2, 0) is 4.74 Å². The van der Waals surface area contributed by atoms with Crippen LogP contribution in [0.15, 0.2) is 24.4 Å². The van der Waals surface area contributed by atoms with Crippen molar-refractivity contribution in [3.8, 4) is 0 Å². The molecule has 5 heteroatoms. The SMILES string of the molecule is CCNc1c(C(=O)OCC)cnc2c(Cl)cccc12. The zero-order valence-electron chi connectivity index (χ0n) is 10.9. The number of hydrogen-bond acceptors (Lipinski definition) is 4. The van der Waals surface area contributed by atoms with Crippen molar-refractivity contribution < 1.29 is 9.53 Å². The summed E-state index contributed by atoms with van der Waals surface area (Å²) in [6.07, 6.45) is 1.50. The number of aromatic nitrogens is 1. The second-order valence-electron chi connectivity index (χ2n) is 3.93. The number of esters is 1. The standard InChI is InChI=1S/C14H15ClN2O2/c1-3-16-12-9-6-5-7-11(15)13(9)17-8-10(12)14(18)19-4-2/h5-8H,3-4H2,1-2H3,(H,16,17). The van der Waals surface area contributed by atoms with Crippen LogP contribution in [0.25, 0.3) is 10.9 Å². The molecular weight excluding hydrogens is 264 g/mol. The number of carbonyl (C=O) groups is 1. The Labute approximate surface area is 116 Å². The Hall–Kier alpha value is -1.81. The van der Waals surface area contributed by atoms with Crippen LogP contribution in [0.2, 0.25) is 5.02 Å². The van der Waals surface area contributed by atoms with E-state index in [4.69, 9.17) is 16.3 Å². The van der Waals surface area contributed by atoms with Gasteiger partial charge in [-0.1, -0.05) is 23.7 Å². The van der Waals surface area contributed by atoms with Crippen LogP contribution in [0.4, 0.5) is 5.69 Å². The van der Waals surface area contributed by atoms with Crippen LogP contribution in [0.5, 0.6) is 0 Å². The number of para-hydroxylation sites is 1. The molecule has 0 saturated heterocycles. The van der Waals surface area contributed by atoms with E-state index in [0.717, 1.165) is 5.39 Å². The topological polar surface area (TPSA) is 51.2 Å². The second-order valence-corrected chi connectivity index (χ2v) is 4.34. The highest BCUT2D eigenvalue weighted by Crippen LogP contribution is 2.30. The summed E-state index contributed by atoms with van der Waals surface area (Å²) in [7, 11) is 0. The largest absolute Gasteiger partial charge is 0.462 e. The van der Waals surface area contributed by atoms with E-state index in [9.17, 15) is 4.79 Å². The lowest BCUT2D eigenvalue weighted by atomic mass is 10.1. The van der Waals surface area contributed by atoms with E-state index in [1.54, 1.807) is 13.0 Å². The number of hydrogen-bond donors (Lipinski definition) is 1. The Morgan fingerprint density at radius 1 is 1.42 bits per heavy atom. The second kappa shape index (κ2) is 5.89. The quantitative estimate of drug-likeness (QED) is 0.870. The fraction of sp³-hybridized carbons (Fsp3) is 0.286. The molecule has 2 aromatic rings. The van der Waals surface area contributed by atoms with Gasteiger partial charge in [0.2, 0.25) is 0 Å². The molecule has 0 saturated carbocycles. The molecule has 0 aliphatic carbocycles. The maximum Gasteiger partial charge on any atom is 0.341 e. The summed E-state index contributed by atoms with van der Waals surface area (Å²) in [6.45, 7) is 4.76. The molecule has 1 aromatic heterocycles. The van der Waals surface area contributed by atoms with E-state index in [0.29, 0.717) is 34.9 Å². The Morgan fingerprint density at radius 2 is 2.21 bits per heavy atom. The predicted octanol–water partition coefficient (Wildman–Crippen LogP) is 3.50. The molecule has 0 unspecified atom stereocenters. The van der Waals surface area contributed by atoms with E-state index in [2.05, 4.69) is 10.3 Å². The lowest BCUT2D eigenvalue weighted by Gasteiger charge is -2.13. The van der Waals surface area contributed by atoms with Crippen LogP contribution in [0, 0.1) is 0 Å². The van der Waals surface area contributed by atoms with Gasteiger partial charge in [0, 0.05) is 18.1 Å². The number of carbonyl (C=O) groups excluding carboxylic acids is 1. The van der Waals surface area contributed by atoms with Gasteiger partial charge in [0.25, 0.3) is 0 Å². The molecule has 0 atom stereocenters. The molecule has 0 radical (unpaired) electrons. The molecular formula is C14H15ClN2O2. The maximum atomic E-state index is 11.9. The first-order chi connectivity index (χ1) is 9.19. The molecule has 1 aromatic carbocycles. The average Bonchev–Trinajstić information content (AvgIpc) is 2.40. The Balaban J connectivity index is 2.65. The summed E-state index contributed by atoms with van der Waals surface area (Å²) in [6, 6.07) is 5.49. The molecule has 0 aliphatic heterocycles. The minimum absolute atomic E-state index is 0.331. The number of anilines is 1. The first kappa shape index (κ1) is 13.6. The number of nitrogens with zero attached hydrogens (tertiary/aromatic N) is 1. The third kappa shape index (κ3) is 2.63. The number of fused-ring (bicyclic) bond motifs is 1. The summed E-state index contributed by atoms with van der Waals surface area (Å²) in [5.74, 6) is -0.382. The van der Waals surface area contributed by atoms with Gasteiger partial charge in [-0.3, -0.25) is 4.98 Å². The molecule has 0 spiro atoms. The first-order valence-electron chi connectivity index (χ1n) is 6.17. The van der Waals surface area contributed by atoms with E-state index in [1.807, 2.05) is 19.1 Å².